The molecule has 0 rings (SSSR count). The molecule has 0 aromatic carbocycles. The molecule has 0 saturated heterocycles. The maximum Gasteiger partial charge on any atom is 0.305 e. The summed E-state index contributed by atoms with van der Waals surface area (Å²) in [6, 6.07) is -0.544. The molecule has 0 radical (unpaired) electrons. The second-order valence-corrected chi connectivity index (χ2v) is 24.2. The minimum absolute atomic E-state index is 0.0153. The van der Waals surface area contributed by atoms with Crippen molar-refractivity contribution >= 4 is 11.9 Å². The average Bonchev–Trinajstić information content (AvgIpc) is 3.43. The predicted molar refractivity (Wildman–Crippen MR) is 338 cm³/mol. The first-order valence-electron chi connectivity index (χ1n) is 35.1. The number of esters is 1. The van der Waals surface area contributed by atoms with E-state index in [1.54, 1.807) is 0 Å². The van der Waals surface area contributed by atoms with Crippen LogP contribution in [0.3, 0.4) is 0 Å². The molecule has 2 unspecified atom stereocenters. The summed E-state index contributed by atoms with van der Waals surface area (Å²) in [5.41, 5.74) is 0. The molecular formula is C71H137NO5. The number of rotatable bonds is 66. The molecule has 0 aliphatic carbocycles. The molecule has 0 aliphatic rings. The van der Waals surface area contributed by atoms with Crippen molar-refractivity contribution < 1.29 is 24.5 Å². The van der Waals surface area contributed by atoms with E-state index >= 15 is 0 Å². The van der Waals surface area contributed by atoms with Crippen molar-refractivity contribution in [2.24, 2.45) is 0 Å². The third-order valence-corrected chi connectivity index (χ3v) is 16.5. The lowest BCUT2D eigenvalue weighted by atomic mass is 10.0. The number of allylic oxidation sites excluding steroid dienone is 4. The summed E-state index contributed by atoms with van der Waals surface area (Å²) < 4.78 is 5.50. The first-order chi connectivity index (χ1) is 38.0. The number of hydrogen-bond acceptors (Lipinski definition) is 5. The van der Waals surface area contributed by atoms with E-state index in [-0.39, 0.29) is 18.5 Å². The molecule has 0 aliphatic heterocycles. The Morgan fingerprint density at radius 2 is 0.649 bits per heavy atom. The molecule has 0 spiro atoms. The van der Waals surface area contributed by atoms with Crippen LogP contribution < -0.4 is 5.32 Å². The van der Waals surface area contributed by atoms with Crippen molar-refractivity contribution in [3.8, 4) is 0 Å². The van der Waals surface area contributed by atoms with Gasteiger partial charge in [0.05, 0.1) is 25.4 Å². The highest BCUT2D eigenvalue weighted by Gasteiger charge is 2.20. The Kier molecular flexibility index (Phi) is 65.4. The van der Waals surface area contributed by atoms with Crippen LogP contribution in [0.15, 0.2) is 24.3 Å². The zero-order chi connectivity index (χ0) is 55.7. The highest BCUT2D eigenvalue weighted by atomic mass is 16.5. The first-order valence-corrected chi connectivity index (χ1v) is 35.1. The summed E-state index contributed by atoms with van der Waals surface area (Å²) >= 11 is 0. The number of carbonyl (C=O) groups is 2. The second kappa shape index (κ2) is 66.8. The molecule has 3 N–H and O–H groups in total. The highest BCUT2D eigenvalue weighted by molar-refractivity contribution is 5.76. The molecule has 6 nitrogen and oxygen atoms in total. The molecule has 0 saturated carbocycles. The van der Waals surface area contributed by atoms with E-state index in [9.17, 15) is 19.8 Å². The van der Waals surface area contributed by atoms with Gasteiger partial charge in [-0.2, -0.15) is 0 Å². The highest BCUT2D eigenvalue weighted by Crippen LogP contribution is 2.19. The third-order valence-electron chi connectivity index (χ3n) is 16.5. The largest absolute Gasteiger partial charge is 0.466 e. The molecule has 0 aromatic rings. The lowest BCUT2D eigenvalue weighted by Gasteiger charge is -2.22. The molecule has 2 atom stereocenters. The van der Waals surface area contributed by atoms with Gasteiger partial charge in [-0.3, -0.25) is 9.59 Å². The number of aliphatic hydroxyl groups excluding tert-OH is 2. The van der Waals surface area contributed by atoms with Crippen LogP contribution in [-0.4, -0.2) is 47.4 Å². The van der Waals surface area contributed by atoms with Gasteiger partial charge in [-0.05, 0) is 57.8 Å². The van der Waals surface area contributed by atoms with Crippen molar-refractivity contribution in [2.75, 3.05) is 13.2 Å². The van der Waals surface area contributed by atoms with Gasteiger partial charge in [-0.1, -0.05) is 346 Å². The Morgan fingerprint density at radius 1 is 0.364 bits per heavy atom. The number of aliphatic hydroxyl groups is 2. The van der Waals surface area contributed by atoms with E-state index in [0.717, 1.165) is 44.9 Å². The van der Waals surface area contributed by atoms with Gasteiger partial charge in [0.2, 0.25) is 5.91 Å². The van der Waals surface area contributed by atoms with E-state index in [1.165, 1.54) is 315 Å². The number of unbranched alkanes of at least 4 members (excludes halogenated alkanes) is 51. The standard InChI is InChI=1S/C71H137NO5/c1-3-5-7-9-11-13-15-17-19-32-37-41-45-49-53-57-61-65-71(76)77-66-62-58-54-50-46-42-38-34-31-29-27-25-23-21-22-24-26-28-30-33-36-40-44-48-52-56-60-64-70(75)72-68(67-73)69(74)63-59-55-51-47-43-39-35-20-18-16-14-12-10-8-6-4-2/h21-22,25,27,68-69,73-74H,3-20,23-24,26,28-67H2,1-2H3,(H,72,75)/b22-21-,27-25-. The normalized spacial score (nSPS) is 12.6. The van der Waals surface area contributed by atoms with Crippen molar-refractivity contribution in [1.29, 1.82) is 0 Å². The van der Waals surface area contributed by atoms with Crippen LogP contribution >= 0.6 is 0 Å². The van der Waals surface area contributed by atoms with E-state index in [2.05, 4.69) is 43.5 Å². The Labute approximate surface area is 481 Å². The Hall–Kier alpha value is -1.66. The topological polar surface area (TPSA) is 95.9 Å². The van der Waals surface area contributed by atoms with Gasteiger partial charge in [0.1, 0.15) is 0 Å². The van der Waals surface area contributed by atoms with Gasteiger partial charge in [0.25, 0.3) is 0 Å². The summed E-state index contributed by atoms with van der Waals surface area (Å²) in [7, 11) is 0. The molecule has 6 heteroatoms. The SMILES string of the molecule is CCCCCCCCCCCCCCCCCCCC(=O)OCCCCCCCCCCC/C=C\C/C=C\CCCCCCCCCCCCCC(=O)NC(CO)C(O)CCCCCCCCCCCCCCCCCC. The molecule has 0 bridgehead atoms. The van der Waals surface area contributed by atoms with Crippen LogP contribution in [0.2, 0.25) is 0 Å². The molecule has 0 fully saturated rings. The van der Waals surface area contributed by atoms with Gasteiger partial charge in [-0.25, -0.2) is 0 Å². The summed E-state index contributed by atoms with van der Waals surface area (Å²) in [4.78, 5) is 24.6. The number of carbonyl (C=O) groups excluding carboxylic acids is 2. The summed E-state index contributed by atoms with van der Waals surface area (Å²) in [6.07, 6.45) is 83.6. The monoisotopic (exact) mass is 1080 g/mol. The van der Waals surface area contributed by atoms with Crippen LogP contribution in [-0.2, 0) is 14.3 Å². The molecule has 456 valence electrons. The quantitative estimate of drug-likeness (QED) is 0.0320. The number of hydrogen-bond donors (Lipinski definition) is 3. The number of nitrogens with one attached hydrogen (secondary N) is 1. The van der Waals surface area contributed by atoms with Crippen LogP contribution in [0.1, 0.15) is 393 Å². The predicted octanol–water partition coefficient (Wildman–Crippen LogP) is 22.5. The van der Waals surface area contributed by atoms with Gasteiger partial charge in [-0.15, -0.1) is 0 Å². The molecular weight excluding hydrogens is 947 g/mol. The number of ether oxygens (including phenoxy) is 1. The molecule has 0 heterocycles. The number of amides is 1. The smallest absolute Gasteiger partial charge is 0.305 e. The van der Waals surface area contributed by atoms with E-state index in [1.807, 2.05) is 0 Å². The van der Waals surface area contributed by atoms with Crippen LogP contribution in [0.25, 0.3) is 0 Å². The van der Waals surface area contributed by atoms with Gasteiger partial charge in [0, 0.05) is 12.8 Å². The lowest BCUT2D eigenvalue weighted by molar-refractivity contribution is -0.143. The minimum Gasteiger partial charge on any atom is -0.466 e. The van der Waals surface area contributed by atoms with E-state index < -0.39 is 12.1 Å². The zero-order valence-corrected chi connectivity index (χ0v) is 52.2. The Bertz CT molecular complexity index is 1200. The lowest BCUT2D eigenvalue weighted by Crippen LogP contribution is -2.45. The fourth-order valence-corrected chi connectivity index (χ4v) is 11.1. The fourth-order valence-electron chi connectivity index (χ4n) is 11.1. The summed E-state index contributed by atoms with van der Waals surface area (Å²) in [6.45, 7) is 4.99. The summed E-state index contributed by atoms with van der Waals surface area (Å²) in [5.74, 6) is -0.0198. The molecule has 0 aromatic heterocycles. The second-order valence-electron chi connectivity index (χ2n) is 24.2. The molecule has 1 amide bonds. The fraction of sp³-hybridized carbons (Fsp3) is 0.915. The average molecular weight is 1080 g/mol. The maximum absolute atomic E-state index is 12.5. The van der Waals surface area contributed by atoms with Crippen molar-refractivity contribution in [1.82, 2.24) is 5.32 Å². The van der Waals surface area contributed by atoms with Crippen molar-refractivity contribution in [2.45, 2.75) is 405 Å². The van der Waals surface area contributed by atoms with E-state index in [4.69, 9.17) is 4.74 Å². The van der Waals surface area contributed by atoms with E-state index in [0.29, 0.717) is 25.9 Å². The Morgan fingerprint density at radius 3 is 0.987 bits per heavy atom. The minimum atomic E-state index is -0.666. The Balaban J connectivity index is 3.39. The zero-order valence-electron chi connectivity index (χ0n) is 52.2. The summed E-state index contributed by atoms with van der Waals surface area (Å²) in [5, 5.41) is 23.3. The maximum atomic E-state index is 12.5. The van der Waals surface area contributed by atoms with Crippen LogP contribution in [0, 0.1) is 0 Å². The van der Waals surface area contributed by atoms with Gasteiger partial charge in [0.15, 0.2) is 0 Å². The van der Waals surface area contributed by atoms with Gasteiger partial charge >= 0.3 is 5.97 Å². The van der Waals surface area contributed by atoms with Crippen LogP contribution in [0.5, 0.6) is 0 Å². The first kappa shape index (κ1) is 75.3. The van der Waals surface area contributed by atoms with Gasteiger partial charge < -0.3 is 20.3 Å². The van der Waals surface area contributed by atoms with Crippen molar-refractivity contribution in [3.63, 3.8) is 0 Å². The van der Waals surface area contributed by atoms with Crippen LogP contribution in [0.4, 0.5) is 0 Å². The third kappa shape index (κ3) is 63.4. The molecule has 77 heavy (non-hydrogen) atoms. The van der Waals surface area contributed by atoms with Crippen molar-refractivity contribution in [3.05, 3.63) is 24.3 Å².